The quantitative estimate of drug-likeness (QED) is 0.826. The number of nitrogens with one attached hydrogen (secondary N) is 1. The van der Waals surface area contributed by atoms with E-state index in [9.17, 15) is 13.2 Å². The van der Waals surface area contributed by atoms with Crippen LogP contribution in [-0.4, -0.2) is 45.9 Å². The molecule has 1 N–H and O–H groups in total. The third-order valence-corrected chi connectivity index (χ3v) is 6.54. The van der Waals surface area contributed by atoms with Gasteiger partial charge in [0.25, 0.3) is 0 Å². The van der Waals surface area contributed by atoms with E-state index in [0.29, 0.717) is 13.1 Å². The summed E-state index contributed by atoms with van der Waals surface area (Å²) in [6.07, 6.45) is 0.0928. The molecule has 0 saturated heterocycles. The number of anilines is 1. The number of rotatable bonds is 5. The molecule has 0 unspecified atom stereocenters. The number of amides is 1. The molecule has 27 heavy (non-hydrogen) atoms. The fraction of sp³-hybridized carbons (Fsp3) is 0.316. The number of carbonyl (C=O) groups excluding carboxylic acids is 1. The highest BCUT2D eigenvalue weighted by molar-refractivity contribution is 7.89. The van der Waals surface area contributed by atoms with E-state index in [0.717, 1.165) is 17.8 Å². The smallest absolute Gasteiger partial charge is 0.242 e. The Balaban J connectivity index is 1.61. The number of hydrogen-bond acceptors (Lipinski definition) is 4. The Morgan fingerprint density at radius 1 is 1.11 bits per heavy atom. The molecule has 0 spiro atoms. The number of hydrogen-bond donors (Lipinski definition) is 1. The molecule has 1 amide bonds. The van der Waals surface area contributed by atoms with E-state index in [1.807, 2.05) is 31.3 Å². The van der Waals surface area contributed by atoms with Crippen molar-refractivity contribution in [2.24, 2.45) is 0 Å². The zero-order valence-electron chi connectivity index (χ0n) is 15.1. The molecule has 3 rings (SSSR count). The number of fused-ring (bicyclic) bond motifs is 1. The molecule has 1 aliphatic heterocycles. The van der Waals surface area contributed by atoms with Crippen LogP contribution in [0.2, 0.25) is 5.02 Å². The Labute approximate surface area is 164 Å². The maximum Gasteiger partial charge on any atom is 0.242 e. The Bertz CT molecular complexity index is 933. The Hall–Kier alpha value is -2.09. The van der Waals surface area contributed by atoms with Gasteiger partial charge in [0.15, 0.2) is 0 Å². The molecule has 0 bridgehead atoms. The zero-order chi connectivity index (χ0) is 19.4. The van der Waals surface area contributed by atoms with Gasteiger partial charge in [-0.3, -0.25) is 4.79 Å². The van der Waals surface area contributed by atoms with Crippen LogP contribution < -0.4 is 9.62 Å². The van der Waals surface area contributed by atoms with Crippen molar-refractivity contribution in [1.82, 2.24) is 9.62 Å². The largest absolute Gasteiger partial charge is 0.373 e. The molecular weight excluding hydrogens is 386 g/mol. The monoisotopic (exact) mass is 407 g/mol. The first-order valence-electron chi connectivity index (χ1n) is 8.69. The maximum absolute atomic E-state index is 12.6. The summed E-state index contributed by atoms with van der Waals surface area (Å²) in [6.45, 7) is 1.88. The molecule has 2 aromatic rings. The minimum Gasteiger partial charge on any atom is -0.373 e. The van der Waals surface area contributed by atoms with E-state index in [-0.39, 0.29) is 28.8 Å². The second kappa shape index (κ2) is 8.29. The van der Waals surface area contributed by atoms with Crippen LogP contribution in [0, 0.1) is 0 Å². The Morgan fingerprint density at radius 2 is 1.81 bits per heavy atom. The van der Waals surface area contributed by atoms with E-state index in [4.69, 9.17) is 11.6 Å². The van der Waals surface area contributed by atoms with E-state index in [1.165, 1.54) is 12.1 Å². The summed E-state index contributed by atoms with van der Waals surface area (Å²) in [4.78, 5) is 16.5. The fourth-order valence-electron chi connectivity index (χ4n) is 3.10. The Kier molecular flexibility index (Phi) is 6.04. The van der Waals surface area contributed by atoms with Gasteiger partial charge in [-0.1, -0.05) is 41.9 Å². The summed E-state index contributed by atoms with van der Waals surface area (Å²) < 4.78 is 27.2. The summed E-state index contributed by atoms with van der Waals surface area (Å²) in [7, 11) is -1.74. The summed E-state index contributed by atoms with van der Waals surface area (Å²) >= 11 is 5.95. The van der Waals surface area contributed by atoms with Crippen LogP contribution in [0.1, 0.15) is 12.0 Å². The molecule has 1 heterocycles. The predicted octanol–water partition coefficient (Wildman–Crippen LogP) is 2.49. The molecular formula is C19H22ClN3O3S. The predicted molar refractivity (Wildman–Crippen MR) is 106 cm³/mol. The normalized spacial score (nSPS) is 14.6. The van der Waals surface area contributed by atoms with Gasteiger partial charge in [-0.15, -0.1) is 0 Å². The minimum atomic E-state index is -3.74. The highest BCUT2D eigenvalue weighted by Gasteiger charge is 2.22. The average Bonchev–Trinajstić information content (AvgIpc) is 2.81. The minimum absolute atomic E-state index is 0.0180. The zero-order valence-corrected chi connectivity index (χ0v) is 16.6. The van der Waals surface area contributed by atoms with Crippen LogP contribution in [0.5, 0.6) is 0 Å². The van der Waals surface area contributed by atoms with Crippen LogP contribution >= 0.6 is 11.6 Å². The first-order chi connectivity index (χ1) is 12.9. The van der Waals surface area contributed by atoms with Crippen LogP contribution in [-0.2, 0) is 21.4 Å². The molecule has 0 aromatic heterocycles. The standard InChI is InChI=1S/C19H22ClN3O3S/c1-22-12-13-23(14-15-6-2-4-8-17(15)22)19(24)10-11-21-27(25,26)18-9-5-3-7-16(18)20/h2-9,21H,10-14H2,1H3. The maximum atomic E-state index is 12.6. The van der Waals surface area contributed by atoms with Crippen LogP contribution in [0.25, 0.3) is 0 Å². The number of sulfonamides is 1. The average molecular weight is 408 g/mol. The first kappa shape index (κ1) is 19.7. The number of carbonyl (C=O) groups is 1. The lowest BCUT2D eigenvalue weighted by Gasteiger charge is -2.21. The molecule has 0 fully saturated rings. The number of para-hydroxylation sites is 1. The van der Waals surface area contributed by atoms with Crippen LogP contribution in [0.4, 0.5) is 5.69 Å². The van der Waals surface area contributed by atoms with Crippen LogP contribution in [0.15, 0.2) is 53.4 Å². The molecule has 144 valence electrons. The van der Waals surface area contributed by atoms with Crippen LogP contribution in [0.3, 0.4) is 0 Å². The van der Waals surface area contributed by atoms with E-state index < -0.39 is 10.0 Å². The van der Waals surface area contributed by atoms with E-state index >= 15 is 0 Å². The SMILES string of the molecule is CN1CCN(C(=O)CCNS(=O)(=O)c2ccccc2Cl)Cc2ccccc21. The van der Waals surface area contributed by atoms with Gasteiger partial charge in [-0.05, 0) is 23.8 Å². The molecule has 1 aliphatic rings. The molecule has 0 atom stereocenters. The lowest BCUT2D eigenvalue weighted by atomic mass is 10.1. The summed E-state index contributed by atoms with van der Waals surface area (Å²) in [5, 5.41) is 0.156. The van der Waals surface area contributed by atoms with E-state index in [1.54, 1.807) is 17.0 Å². The Morgan fingerprint density at radius 3 is 2.59 bits per heavy atom. The van der Waals surface area contributed by atoms with Crippen molar-refractivity contribution in [2.75, 3.05) is 31.6 Å². The van der Waals surface area contributed by atoms with Crippen molar-refractivity contribution in [3.05, 3.63) is 59.1 Å². The van der Waals surface area contributed by atoms with Crippen molar-refractivity contribution in [1.29, 1.82) is 0 Å². The fourth-order valence-corrected chi connectivity index (χ4v) is 4.65. The van der Waals surface area contributed by atoms with Gasteiger partial charge in [-0.2, -0.15) is 0 Å². The third kappa shape index (κ3) is 4.61. The molecule has 0 aliphatic carbocycles. The number of benzene rings is 2. The van der Waals surface area contributed by atoms with Crippen molar-refractivity contribution in [3.63, 3.8) is 0 Å². The molecule has 0 saturated carbocycles. The third-order valence-electron chi connectivity index (χ3n) is 4.58. The summed E-state index contributed by atoms with van der Waals surface area (Å²) in [5.41, 5.74) is 2.20. The second-order valence-electron chi connectivity index (χ2n) is 6.44. The number of halogens is 1. The van der Waals surface area contributed by atoms with E-state index in [2.05, 4.69) is 9.62 Å². The van der Waals surface area contributed by atoms with Gasteiger partial charge in [0.2, 0.25) is 15.9 Å². The first-order valence-corrected chi connectivity index (χ1v) is 10.6. The van der Waals surface area contributed by atoms with Gasteiger partial charge in [0, 0.05) is 45.3 Å². The van der Waals surface area contributed by atoms with Crippen molar-refractivity contribution < 1.29 is 13.2 Å². The molecule has 8 heteroatoms. The highest BCUT2D eigenvalue weighted by atomic mass is 35.5. The van der Waals surface area contributed by atoms with Gasteiger partial charge >= 0.3 is 0 Å². The highest BCUT2D eigenvalue weighted by Crippen LogP contribution is 2.24. The second-order valence-corrected chi connectivity index (χ2v) is 8.59. The molecule has 2 aromatic carbocycles. The lowest BCUT2D eigenvalue weighted by Crippen LogP contribution is -2.36. The van der Waals surface area contributed by atoms with Crippen molar-refractivity contribution in [3.8, 4) is 0 Å². The van der Waals surface area contributed by atoms with Gasteiger partial charge in [0.1, 0.15) is 4.90 Å². The lowest BCUT2D eigenvalue weighted by molar-refractivity contribution is -0.131. The summed E-state index contributed by atoms with van der Waals surface area (Å²) in [5.74, 6) is -0.0815. The van der Waals surface area contributed by atoms with Crippen molar-refractivity contribution in [2.45, 2.75) is 17.9 Å². The van der Waals surface area contributed by atoms with Gasteiger partial charge < -0.3 is 9.80 Å². The van der Waals surface area contributed by atoms with Gasteiger partial charge in [-0.25, -0.2) is 13.1 Å². The molecule has 6 nitrogen and oxygen atoms in total. The van der Waals surface area contributed by atoms with Crippen molar-refractivity contribution >= 4 is 33.2 Å². The topological polar surface area (TPSA) is 69.7 Å². The number of nitrogens with zero attached hydrogens (tertiary/aromatic N) is 2. The number of likely N-dealkylation sites (N-methyl/N-ethyl adjacent to an activating group) is 1. The van der Waals surface area contributed by atoms with Gasteiger partial charge in [0.05, 0.1) is 5.02 Å². The summed E-state index contributed by atoms with van der Waals surface area (Å²) in [6, 6.07) is 14.2. The molecule has 0 radical (unpaired) electrons.